The third-order valence-corrected chi connectivity index (χ3v) is 6.19. The number of hydrogen-bond acceptors (Lipinski definition) is 4. The van der Waals surface area contributed by atoms with E-state index in [1.807, 2.05) is 24.3 Å². The number of nitrogens with zero attached hydrogens (tertiary/aromatic N) is 3. The molecule has 0 spiro atoms. The number of rotatable bonds is 2. The van der Waals surface area contributed by atoms with Crippen molar-refractivity contribution < 1.29 is 0 Å². The van der Waals surface area contributed by atoms with E-state index in [0.29, 0.717) is 11.1 Å². The number of nitriles is 2. The minimum Gasteiger partial charge on any atom is -0.308 e. The van der Waals surface area contributed by atoms with Gasteiger partial charge in [-0.05, 0) is 65.7 Å². The molecule has 0 atom stereocenters. The Morgan fingerprint density at radius 1 is 0.600 bits per heavy atom. The maximum Gasteiger partial charge on any atom is 0.0992 e. The van der Waals surface area contributed by atoms with E-state index in [4.69, 9.17) is 0 Å². The molecule has 4 heteroatoms. The molecule has 1 aliphatic heterocycles. The average molecular weight is 401 g/mol. The van der Waals surface area contributed by atoms with Gasteiger partial charge in [-0.15, -0.1) is 0 Å². The van der Waals surface area contributed by atoms with Crippen LogP contribution in [0.1, 0.15) is 11.1 Å². The molecular formula is C26H15N3S. The Morgan fingerprint density at radius 2 is 1.20 bits per heavy atom. The molecule has 0 saturated carbocycles. The molecule has 4 aromatic rings. The summed E-state index contributed by atoms with van der Waals surface area (Å²) in [5.74, 6) is 0. The zero-order chi connectivity index (χ0) is 20.5. The van der Waals surface area contributed by atoms with Crippen molar-refractivity contribution in [3.8, 4) is 23.3 Å². The van der Waals surface area contributed by atoms with Crippen LogP contribution in [0.4, 0.5) is 17.1 Å². The Kier molecular flexibility index (Phi) is 4.48. The van der Waals surface area contributed by atoms with Gasteiger partial charge in [0, 0.05) is 15.5 Å². The summed E-state index contributed by atoms with van der Waals surface area (Å²) in [5, 5.41) is 18.7. The highest BCUT2D eigenvalue weighted by molar-refractivity contribution is 7.99. The molecule has 0 bridgehead atoms. The minimum atomic E-state index is 0.486. The van der Waals surface area contributed by atoms with Crippen LogP contribution in [0.3, 0.4) is 0 Å². The third-order valence-electron chi connectivity index (χ3n) is 5.06. The number of fused-ring (bicyclic) bond motifs is 2. The lowest BCUT2D eigenvalue weighted by molar-refractivity contribution is 1.17. The maximum atomic E-state index is 9.34. The topological polar surface area (TPSA) is 50.8 Å². The van der Waals surface area contributed by atoms with Gasteiger partial charge in [-0.3, -0.25) is 0 Å². The molecule has 5 rings (SSSR count). The first-order chi connectivity index (χ1) is 14.8. The van der Waals surface area contributed by atoms with Gasteiger partial charge in [0.2, 0.25) is 0 Å². The van der Waals surface area contributed by atoms with Crippen LogP contribution in [0.2, 0.25) is 0 Å². The fourth-order valence-corrected chi connectivity index (χ4v) is 4.79. The minimum absolute atomic E-state index is 0.486. The van der Waals surface area contributed by atoms with Crippen LogP contribution in [0.25, 0.3) is 11.1 Å². The lowest BCUT2D eigenvalue weighted by Crippen LogP contribution is -2.14. The van der Waals surface area contributed by atoms with Crippen molar-refractivity contribution in [2.24, 2.45) is 0 Å². The van der Waals surface area contributed by atoms with Gasteiger partial charge in [-0.25, -0.2) is 0 Å². The highest BCUT2D eigenvalue weighted by Gasteiger charge is 2.24. The Balaban J connectivity index is 1.68. The Labute approximate surface area is 179 Å². The normalized spacial score (nSPS) is 11.7. The Bertz CT molecular complexity index is 1280. The third kappa shape index (κ3) is 3.10. The van der Waals surface area contributed by atoms with Gasteiger partial charge in [0.25, 0.3) is 0 Å². The number of benzene rings is 4. The SMILES string of the molecule is N#Cc1cc(C#N)cc(-c2cccc(N3c4ccccc4Sc4ccccc43)c2)c1. The van der Waals surface area contributed by atoms with Gasteiger partial charge >= 0.3 is 0 Å². The van der Waals surface area contributed by atoms with Gasteiger partial charge < -0.3 is 4.90 Å². The molecule has 0 aliphatic carbocycles. The summed E-state index contributed by atoms with van der Waals surface area (Å²) in [6.45, 7) is 0. The van der Waals surface area contributed by atoms with Gasteiger partial charge in [0.1, 0.15) is 0 Å². The smallest absolute Gasteiger partial charge is 0.0992 e. The van der Waals surface area contributed by atoms with Crippen molar-refractivity contribution in [1.29, 1.82) is 10.5 Å². The molecule has 0 radical (unpaired) electrons. The summed E-state index contributed by atoms with van der Waals surface area (Å²) >= 11 is 1.78. The van der Waals surface area contributed by atoms with E-state index in [1.54, 1.807) is 17.8 Å². The number of hydrogen-bond donors (Lipinski definition) is 0. The van der Waals surface area contributed by atoms with Gasteiger partial charge in [0.15, 0.2) is 0 Å². The lowest BCUT2D eigenvalue weighted by atomic mass is 9.99. The summed E-state index contributed by atoms with van der Waals surface area (Å²) < 4.78 is 0. The standard InChI is InChI=1S/C26H15N3S/c27-16-18-12-19(17-28)14-21(13-18)20-6-5-7-22(15-20)29-23-8-1-3-10-25(23)30-26-11-4-2-9-24(26)29/h1-15H. The number of para-hydroxylation sites is 2. The zero-order valence-corrected chi connectivity index (χ0v) is 16.7. The maximum absolute atomic E-state index is 9.34. The predicted octanol–water partition coefficient (Wildman–Crippen LogP) is 7.03. The molecule has 140 valence electrons. The summed E-state index contributed by atoms with van der Waals surface area (Å²) in [5.41, 5.74) is 6.12. The van der Waals surface area contributed by atoms with Crippen molar-refractivity contribution in [2.75, 3.05) is 4.90 Å². The molecule has 1 heterocycles. The van der Waals surface area contributed by atoms with E-state index in [2.05, 4.69) is 77.7 Å². The second-order valence-corrected chi connectivity index (χ2v) is 8.03. The first kappa shape index (κ1) is 18.1. The largest absolute Gasteiger partial charge is 0.308 e. The molecule has 0 fully saturated rings. The van der Waals surface area contributed by atoms with Crippen molar-refractivity contribution in [3.63, 3.8) is 0 Å². The van der Waals surface area contributed by atoms with Crippen molar-refractivity contribution in [1.82, 2.24) is 0 Å². The molecular weight excluding hydrogens is 386 g/mol. The second-order valence-electron chi connectivity index (χ2n) is 6.95. The van der Waals surface area contributed by atoms with E-state index in [0.717, 1.165) is 28.2 Å². The molecule has 0 saturated heterocycles. The number of anilines is 3. The molecule has 4 aromatic carbocycles. The lowest BCUT2D eigenvalue weighted by Gasteiger charge is -2.33. The first-order valence-corrected chi connectivity index (χ1v) is 10.3. The Hall–Kier alpha value is -3.99. The van der Waals surface area contributed by atoms with E-state index in [9.17, 15) is 10.5 Å². The van der Waals surface area contributed by atoms with Crippen LogP contribution < -0.4 is 4.90 Å². The van der Waals surface area contributed by atoms with Gasteiger partial charge in [-0.2, -0.15) is 10.5 Å². The van der Waals surface area contributed by atoms with Gasteiger partial charge in [-0.1, -0.05) is 48.2 Å². The summed E-state index contributed by atoms with van der Waals surface area (Å²) in [6.07, 6.45) is 0. The fourth-order valence-electron chi connectivity index (χ4n) is 3.73. The molecule has 1 aliphatic rings. The molecule has 0 N–H and O–H groups in total. The monoisotopic (exact) mass is 401 g/mol. The van der Waals surface area contributed by atoms with Crippen LogP contribution >= 0.6 is 11.8 Å². The van der Waals surface area contributed by atoms with Crippen molar-refractivity contribution >= 4 is 28.8 Å². The second kappa shape index (κ2) is 7.44. The summed E-state index contributed by atoms with van der Waals surface area (Å²) in [6, 6.07) is 34.6. The van der Waals surface area contributed by atoms with E-state index in [1.165, 1.54) is 9.79 Å². The van der Waals surface area contributed by atoms with Crippen LogP contribution in [-0.4, -0.2) is 0 Å². The van der Waals surface area contributed by atoms with E-state index < -0.39 is 0 Å². The molecule has 0 aromatic heterocycles. The first-order valence-electron chi connectivity index (χ1n) is 9.48. The Morgan fingerprint density at radius 3 is 1.80 bits per heavy atom. The highest BCUT2D eigenvalue weighted by atomic mass is 32.2. The molecule has 3 nitrogen and oxygen atoms in total. The molecule has 0 amide bonds. The van der Waals surface area contributed by atoms with Crippen molar-refractivity contribution in [3.05, 3.63) is 102 Å². The fraction of sp³-hybridized carbons (Fsp3) is 0. The molecule has 30 heavy (non-hydrogen) atoms. The van der Waals surface area contributed by atoms with Gasteiger partial charge in [0.05, 0.1) is 34.6 Å². The van der Waals surface area contributed by atoms with E-state index in [-0.39, 0.29) is 0 Å². The van der Waals surface area contributed by atoms with Crippen LogP contribution in [0, 0.1) is 22.7 Å². The predicted molar refractivity (Wildman–Crippen MR) is 120 cm³/mol. The van der Waals surface area contributed by atoms with Crippen LogP contribution in [0.5, 0.6) is 0 Å². The van der Waals surface area contributed by atoms with Crippen molar-refractivity contribution in [2.45, 2.75) is 9.79 Å². The zero-order valence-electron chi connectivity index (χ0n) is 15.9. The average Bonchev–Trinajstić information content (AvgIpc) is 2.82. The molecule has 0 unspecified atom stereocenters. The summed E-state index contributed by atoms with van der Waals surface area (Å²) in [4.78, 5) is 4.68. The quantitative estimate of drug-likeness (QED) is 0.318. The summed E-state index contributed by atoms with van der Waals surface area (Å²) in [7, 11) is 0. The van der Waals surface area contributed by atoms with E-state index >= 15 is 0 Å². The van der Waals surface area contributed by atoms with Crippen LogP contribution in [0.15, 0.2) is 101 Å². The highest BCUT2D eigenvalue weighted by Crippen LogP contribution is 2.51. The van der Waals surface area contributed by atoms with Crippen LogP contribution in [-0.2, 0) is 0 Å².